The highest BCUT2D eigenvalue weighted by Gasteiger charge is 2.53. The summed E-state index contributed by atoms with van der Waals surface area (Å²) in [6.07, 6.45) is 0.0407. The average Bonchev–Trinajstić information content (AvgIpc) is 3.57. The van der Waals surface area contributed by atoms with Gasteiger partial charge in [-0.2, -0.15) is 0 Å². The number of hydrogen-bond acceptors (Lipinski definition) is 8. The van der Waals surface area contributed by atoms with E-state index in [1.54, 1.807) is 33.5 Å². The van der Waals surface area contributed by atoms with Crippen molar-refractivity contribution in [1.29, 1.82) is 0 Å². The van der Waals surface area contributed by atoms with Gasteiger partial charge >= 0.3 is 0 Å². The van der Waals surface area contributed by atoms with Gasteiger partial charge in [-0.1, -0.05) is 84.9 Å². The van der Waals surface area contributed by atoms with Crippen molar-refractivity contribution in [2.45, 2.75) is 31.0 Å². The third kappa shape index (κ3) is 7.84. The van der Waals surface area contributed by atoms with Crippen LogP contribution >= 0.6 is 0 Å². The normalized spacial score (nSPS) is 16.5. The lowest BCUT2D eigenvalue weighted by Crippen LogP contribution is -2.49. The van der Waals surface area contributed by atoms with E-state index in [1.807, 2.05) is 97.1 Å². The summed E-state index contributed by atoms with van der Waals surface area (Å²) in [6, 6.07) is 39.0. The molecule has 0 unspecified atom stereocenters. The molecular weight excluding hydrogens is 644 g/mol. The zero-order valence-corrected chi connectivity index (χ0v) is 29.0. The van der Waals surface area contributed by atoms with E-state index in [0.717, 1.165) is 22.3 Å². The minimum atomic E-state index is -1.39. The molecule has 2 atom stereocenters. The molecule has 0 aliphatic carbocycles. The Balaban J connectivity index is 1.42. The topological polar surface area (TPSA) is 108 Å². The summed E-state index contributed by atoms with van der Waals surface area (Å²) >= 11 is 0. The Labute approximate surface area is 298 Å². The number of ether oxygens (including phenoxy) is 5. The van der Waals surface area contributed by atoms with Gasteiger partial charge in [-0.3, -0.25) is 4.79 Å². The van der Waals surface area contributed by atoms with E-state index in [0.29, 0.717) is 53.1 Å². The molecule has 51 heavy (non-hydrogen) atoms. The SMILES string of the molecule is COc1cc(OC)c(CNC(=O)[C@]2(Cc3ccccc3)N=C(c3ccc(OCCCO)cc3)O[C@@H]2c2ccc(-c3ccccc3)cc2)c(OC)c1. The number of nitrogens with zero attached hydrogens (tertiary/aromatic N) is 1. The summed E-state index contributed by atoms with van der Waals surface area (Å²) in [6.45, 7) is 0.564. The standard InChI is InChI=1S/C42H42N2O7/c1-47-35-25-37(48-2)36(38(26-35)49-3)28-43-41(46)42(27-29-11-6-4-7-12-29)39(32-17-15-31(16-18-32)30-13-8-5-9-14-30)51-40(44-42)33-19-21-34(22-20-33)50-24-10-23-45/h4-9,11-22,25-26,39,45H,10,23-24,27-28H2,1-3H3,(H,43,46)/t39-,42-/m1/s1. The van der Waals surface area contributed by atoms with Crippen molar-refractivity contribution in [3.8, 4) is 34.1 Å². The maximum absolute atomic E-state index is 14.9. The average molecular weight is 687 g/mol. The second kappa shape index (κ2) is 16.3. The second-order valence-electron chi connectivity index (χ2n) is 12.1. The van der Waals surface area contributed by atoms with E-state index in [4.69, 9.17) is 33.8 Å². The molecule has 1 amide bonds. The molecule has 0 radical (unpaired) electrons. The van der Waals surface area contributed by atoms with Crippen molar-refractivity contribution in [3.63, 3.8) is 0 Å². The molecule has 1 aliphatic heterocycles. The summed E-state index contributed by atoms with van der Waals surface area (Å²) in [7, 11) is 4.70. The van der Waals surface area contributed by atoms with Gasteiger partial charge in [0, 0.05) is 37.1 Å². The van der Waals surface area contributed by atoms with Crippen molar-refractivity contribution < 1.29 is 33.6 Å². The number of aliphatic imine (C=N–C) groups is 1. The van der Waals surface area contributed by atoms with E-state index in [-0.39, 0.29) is 25.5 Å². The van der Waals surface area contributed by atoms with Crippen molar-refractivity contribution in [1.82, 2.24) is 5.32 Å². The van der Waals surface area contributed by atoms with Crippen LogP contribution in [0.3, 0.4) is 0 Å². The zero-order chi connectivity index (χ0) is 35.6. The fourth-order valence-corrected chi connectivity index (χ4v) is 6.24. The number of carbonyl (C=O) groups is 1. The highest BCUT2D eigenvalue weighted by molar-refractivity contribution is 6.01. The third-order valence-corrected chi connectivity index (χ3v) is 8.91. The summed E-state index contributed by atoms with van der Waals surface area (Å²) in [4.78, 5) is 20.1. The number of nitrogens with one attached hydrogen (secondary N) is 1. The maximum atomic E-state index is 14.9. The number of aliphatic hydroxyl groups is 1. The van der Waals surface area contributed by atoms with E-state index < -0.39 is 11.6 Å². The monoisotopic (exact) mass is 686 g/mol. The van der Waals surface area contributed by atoms with Gasteiger partial charge in [0.2, 0.25) is 5.90 Å². The Bertz CT molecular complexity index is 1910. The van der Waals surface area contributed by atoms with Crippen molar-refractivity contribution >= 4 is 11.8 Å². The van der Waals surface area contributed by atoms with Gasteiger partial charge in [0.1, 0.15) is 23.0 Å². The number of methoxy groups -OCH3 is 3. The summed E-state index contributed by atoms with van der Waals surface area (Å²) in [5.74, 6) is 2.30. The molecule has 9 heteroatoms. The van der Waals surface area contributed by atoms with Crippen LogP contribution in [0, 0.1) is 0 Å². The van der Waals surface area contributed by atoms with E-state index in [2.05, 4.69) is 17.4 Å². The smallest absolute Gasteiger partial charge is 0.252 e. The van der Waals surface area contributed by atoms with Crippen molar-refractivity contribution in [2.75, 3.05) is 34.5 Å². The van der Waals surface area contributed by atoms with E-state index >= 15 is 0 Å². The van der Waals surface area contributed by atoms with Crippen molar-refractivity contribution in [3.05, 3.63) is 144 Å². The first-order chi connectivity index (χ1) is 25.0. The molecule has 9 nitrogen and oxygen atoms in total. The highest BCUT2D eigenvalue weighted by atomic mass is 16.5. The maximum Gasteiger partial charge on any atom is 0.252 e. The van der Waals surface area contributed by atoms with E-state index in [9.17, 15) is 4.79 Å². The lowest BCUT2D eigenvalue weighted by atomic mass is 9.81. The van der Waals surface area contributed by atoms with Gasteiger partial charge in [-0.05, 0) is 46.5 Å². The molecule has 1 aliphatic rings. The van der Waals surface area contributed by atoms with Crippen LogP contribution in [0.1, 0.15) is 34.8 Å². The molecule has 0 fully saturated rings. The first-order valence-electron chi connectivity index (χ1n) is 16.8. The minimum Gasteiger partial charge on any atom is -0.496 e. The molecule has 2 N–H and O–H groups in total. The first-order valence-corrected chi connectivity index (χ1v) is 16.8. The Kier molecular flexibility index (Phi) is 11.2. The van der Waals surface area contributed by atoms with Crippen LogP contribution in [0.4, 0.5) is 0 Å². The molecule has 0 saturated heterocycles. The Morgan fingerprint density at radius 1 is 0.765 bits per heavy atom. The number of rotatable bonds is 15. The first kappa shape index (κ1) is 35.0. The van der Waals surface area contributed by atoms with Crippen LogP contribution in [0.15, 0.2) is 126 Å². The number of benzene rings is 5. The number of aliphatic hydroxyl groups excluding tert-OH is 1. The van der Waals surface area contributed by atoms with Gasteiger partial charge in [0.25, 0.3) is 5.91 Å². The van der Waals surface area contributed by atoms with Gasteiger partial charge < -0.3 is 34.1 Å². The molecule has 0 aromatic heterocycles. The quantitative estimate of drug-likeness (QED) is 0.115. The summed E-state index contributed by atoms with van der Waals surface area (Å²) in [5.41, 5.74) is 3.85. The molecule has 0 saturated carbocycles. The molecule has 6 rings (SSSR count). The Morgan fingerprint density at radius 2 is 1.37 bits per heavy atom. The lowest BCUT2D eigenvalue weighted by molar-refractivity contribution is -0.129. The largest absolute Gasteiger partial charge is 0.496 e. The highest BCUT2D eigenvalue weighted by Crippen LogP contribution is 2.43. The second-order valence-corrected chi connectivity index (χ2v) is 12.1. The molecule has 262 valence electrons. The van der Waals surface area contributed by atoms with Crippen LogP contribution < -0.4 is 24.3 Å². The van der Waals surface area contributed by atoms with Crippen LogP contribution in [0.5, 0.6) is 23.0 Å². The minimum absolute atomic E-state index is 0.0556. The van der Waals surface area contributed by atoms with Crippen LogP contribution in [0.25, 0.3) is 11.1 Å². The number of carbonyl (C=O) groups excluding carboxylic acids is 1. The Hall–Kier alpha value is -5.80. The predicted octanol–water partition coefficient (Wildman–Crippen LogP) is 6.96. The molecule has 1 heterocycles. The van der Waals surface area contributed by atoms with Crippen LogP contribution in [-0.2, 0) is 22.5 Å². The predicted molar refractivity (Wildman–Crippen MR) is 197 cm³/mol. The summed E-state index contributed by atoms with van der Waals surface area (Å²) < 4.78 is 29.3. The molecule has 0 spiro atoms. The van der Waals surface area contributed by atoms with Crippen LogP contribution in [-0.4, -0.2) is 57.0 Å². The summed E-state index contributed by atoms with van der Waals surface area (Å²) in [5, 5.41) is 12.3. The fourth-order valence-electron chi connectivity index (χ4n) is 6.24. The number of amides is 1. The van der Waals surface area contributed by atoms with Crippen LogP contribution in [0.2, 0.25) is 0 Å². The molecule has 5 aromatic rings. The van der Waals surface area contributed by atoms with Gasteiger partial charge in [0.15, 0.2) is 11.6 Å². The van der Waals surface area contributed by atoms with Gasteiger partial charge in [-0.25, -0.2) is 4.99 Å². The molecule has 0 bridgehead atoms. The van der Waals surface area contributed by atoms with Gasteiger partial charge in [-0.15, -0.1) is 0 Å². The Morgan fingerprint density at radius 3 is 1.98 bits per heavy atom. The number of hydrogen-bond donors (Lipinski definition) is 2. The fraction of sp³-hybridized carbons (Fsp3) is 0.238. The van der Waals surface area contributed by atoms with E-state index in [1.165, 1.54) is 0 Å². The van der Waals surface area contributed by atoms with Crippen molar-refractivity contribution in [2.24, 2.45) is 4.99 Å². The lowest BCUT2D eigenvalue weighted by Gasteiger charge is -2.31. The third-order valence-electron chi connectivity index (χ3n) is 8.91. The molecule has 5 aromatic carbocycles. The van der Waals surface area contributed by atoms with Gasteiger partial charge in [0.05, 0.1) is 40.0 Å². The molecular formula is C42H42N2O7. The zero-order valence-electron chi connectivity index (χ0n) is 29.0.